The molecule has 0 bridgehead atoms. The molecule has 1 rings (SSSR count). The van der Waals surface area contributed by atoms with Crippen LogP contribution in [-0.2, 0) is 6.42 Å². The van der Waals surface area contributed by atoms with Crippen LogP contribution in [0.15, 0.2) is 29.4 Å². The normalized spacial score (nSPS) is 11.7. The Kier molecular flexibility index (Phi) is 11.2. The van der Waals surface area contributed by atoms with Gasteiger partial charge in [0, 0.05) is 31.4 Å². The SMILES string of the molecule is CCNC(=NCC(O)(CC)CC)NCCc1ccccn1.I. The second-order valence-corrected chi connectivity index (χ2v) is 5.12. The van der Waals surface area contributed by atoms with Crippen LogP contribution in [0.1, 0.15) is 39.3 Å². The molecule has 0 radical (unpaired) electrons. The minimum atomic E-state index is -0.705. The molecule has 0 fully saturated rings. The fraction of sp³-hybridized carbons (Fsp3) is 0.625. The minimum Gasteiger partial charge on any atom is -0.388 e. The van der Waals surface area contributed by atoms with E-state index in [2.05, 4.69) is 20.6 Å². The van der Waals surface area contributed by atoms with Gasteiger partial charge in [-0.3, -0.25) is 9.98 Å². The summed E-state index contributed by atoms with van der Waals surface area (Å²) in [6.45, 7) is 7.98. The van der Waals surface area contributed by atoms with Gasteiger partial charge < -0.3 is 15.7 Å². The lowest BCUT2D eigenvalue weighted by molar-refractivity contribution is 0.0418. The first-order chi connectivity index (χ1) is 10.1. The summed E-state index contributed by atoms with van der Waals surface area (Å²) >= 11 is 0. The van der Waals surface area contributed by atoms with E-state index in [-0.39, 0.29) is 24.0 Å². The molecule has 0 amide bonds. The highest BCUT2D eigenvalue weighted by Gasteiger charge is 2.21. The molecule has 0 saturated carbocycles. The monoisotopic (exact) mass is 420 g/mol. The zero-order valence-corrected chi connectivity index (χ0v) is 16.1. The van der Waals surface area contributed by atoms with Gasteiger partial charge in [-0.2, -0.15) is 0 Å². The number of nitrogens with one attached hydrogen (secondary N) is 2. The minimum absolute atomic E-state index is 0. The van der Waals surface area contributed by atoms with Crippen molar-refractivity contribution in [2.45, 2.75) is 45.6 Å². The zero-order chi connectivity index (χ0) is 15.6. The van der Waals surface area contributed by atoms with Crippen molar-refractivity contribution in [3.8, 4) is 0 Å². The third-order valence-corrected chi connectivity index (χ3v) is 3.59. The first-order valence-corrected chi connectivity index (χ1v) is 7.78. The van der Waals surface area contributed by atoms with Crippen LogP contribution >= 0.6 is 24.0 Å². The third kappa shape index (κ3) is 7.93. The van der Waals surface area contributed by atoms with Crippen molar-refractivity contribution in [2.24, 2.45) is 4.99 Å². The van der Waals surface area contributed by atoms with Crippen molar-refractivity contribution in [3.05, 3.63) is 30.1 Å². The Morgan fingerprint density at radius 3 is 2.50 bits per heavy atom. The van der Waals surface area contributed by atoms with Crippen LogP contribution in [-0.4, -0.2) is 41.3 Å². The second-order valence-electron chi connectivity index (χ2n) is 5.12. The topological polar surface area (TPSA) is 69.5 Å². The number of aliphatic imine (C=N–C) groups is 1. The van der Waals surface area contributed by atoms with Crippen LogP contribution in [0, 0.1) is 0 Å². The van der Waals surface area contributed by atoms with Gasteiger partial charge >= 0.3 is 0 Å². The lowest BCUT2D eigenvalue weighted by Crippen LogP contribution is -2.40. The summed E-state index contributed by atoms with van der Waals surface area (Å²) in [7, 11) is 0. The molecular formula is C16H29IN4O. The Labute approximate surface area is 151 Å². The maximum absolute atomic E-state index is 10.3. The molecule has 1 heterocycles. The first-order valence-electron chi connectivity index (χ1n) is 7.78. The predicted molar refractivity (Wildman–Crippen MR) is 103 cm³/mol. The van der Waals surface area contributed by atoms with E-state index in [1.807, 2.05) is 39.0 Å². The zero-order valence-electron chi connectivity index (χ0n) is 13.8. The van der Waals surface area contributed by atoms with Gasteiger partial charge in [0.1, 0.15) is 0 Å². The van der Waals surface area contributed by atoms with Crippen LogP contribution in [0.25, 0.3) is 0 Å². The van der Waals surface area contributed by atoms with Gasteiger partial charge in [0.15, 0.2) is 5.96 Å². The summed E-state index contributed by atoms with van der Waals surface area (Å²) in [5.74, 6) is 0.744. The van der Waals surface area contributed by atoms with E-state index in [0.717, 1.165) is 31.2 Å². The summed E-state index contributed by atoms with van der Waals surface area (Å²) in [6, 6.07) is 5.92. The molecule has 0 spiro atoms. The lowest BCUT2D eigenvalue weighted by atomic mass is 9.98. The highest BCUT2D eigenvalue weighted by Crippen LogP contribution is 2.14. The molecule has 6 heteroatoms. The molecule has 5 nitrogen and oxygen atoms in total. The van der Waals surface area contributed by atoms with Crippen molar-refractivity contribution >= 4 is 29.9 Å². The van der Waals surface area contributed by atoms with E-state index < -0.39 is 5.60 Å². The number of nitrogens with zero attached hydrogens (tertiary/aromatic N) is 2. The highest BCUT2D eigenvalue weighted by molar-refractivity contribution is 14.0. The molecule has 3 N–H and O–H groups in total. The molecule has 0 aliphatic heterocycles. The summed E-state index contributed by atoms with van der Waals surface area (Å²) in [5.41, 5.74) is 0.350. The van der Waals surface area contributed by atoms with Crippen molar-refractivity contribution in [2.75, 3.05) is 19.6 Å². The summed E-state index contributed by atoms with van der Waals surface area (Å²) < 4.78 is 0. The van der Waals surface area contributed by atoms with E-state index in [9.17, 15) is 5.11 Å². The Bertz CT molecular complexity index is 421. The fourth-order valence-corrected chi connectivity index (χ4v) is 1.90. The Morgan fingerprint density at radius 1 is 1.23 bits per heavy atom. The molecule has 0 atom stereocenters. The largest absolute Gasteiger partial charge is 0.388 e. The first kappa shape index (κ1) is 21.1. The van der Waals surface area contributed by atoms with Crippen LogP contribution in [0.4, 0.5) is 0 Å². The lowest BCUT2D eigenvalue weighted by Gasteiger charge is -2.23. The number of rotatable bonds is 8. The van der Waals surface area contributed by atoms with Crippen molar-refractivity contribution < 1.29 is 5.11 Å². The Morgan fingerprint density at radius 2 is 1.95 bits per heavy atom. The van der Waals surface area contributed by atoms with Gasteiger partial charge in [0.2, 0.25) is 0 Å². The second kappa shape index (κ2) is 11.6. The van der Waals surface area contributed by atoms with Gasteiger partial charge in [-0.15, -0.1) is 24.0 Å². The number of hydrogen-bond acceptors (Lipinski definition) is 3. The van der Waals surface area contributed by atoms with E-state index in [1.54, 1.807) is 6.20 Å². The van der Waals surface area contributed by atoms with Crippen LogP contribution in [0.2, 0.25) is 0 Å². The van der Waals surface area contributed by atoms with E-state index in [1.165, 1.54) is 0 Å². The van der Waals surface area contributed by atoms with Crippen LogP contribution in [0.3, 0.4) is 0 Å². The standard InChI is InChI=1S/C16H28N4O.HI/c1-4-16(21,5-2)13-20-15(17-6-3)19-12-10-14-9-7-8-11-18-14;/h7-9,11,21H,4-6,10,12-13H2,1-3H3,(H2,17,19,20);1H. The number of aromatic nitrogens is 1. The molecule has 0 aromatic carbocycles. The number of halogens is 1. The van der Waals surface area contributed by atoms with Crippen molar-refractivity contribution in [1.82, 2.24) is 15.6 Å². The molecular weight excluding hydrogens is 391 g/mol. The number of hydrogen-bond donors (Lipinski definition) is 3. The van der Waals surface area contributed by atoms with Crippen LogP contribution in [0.5, 0.6) is 0 Å². The Hall–Kier alpha value is -0.890. The number of guanidine groups is 1. The molecule has 1 aromatic rings. The van der Waals surface area contributed by atoms with E-state index in [4.69, 9.17) is 0 Å². The number of aliphatic hydroxyl groups is 1. The summed E-state index contributed by atoms with van der Waals surface area (Å²) in [6.07, 6.45) is 4.06. The quantitative estimate of drug-likeness (QED) is 0.343. The predicted octanol–water partition coefficient (Wildman–Crippen LogP) is 2.35. The van der Waals surface area contributed by atoms with Crippen molar-refractivity contribution in [1.29, 1.82) is 0 Å². The average molecular weight is 420 g/mol. The molecule has 0 aliphatic carbocycles. The smallest absolute Gasteiger partial charge is 0.191 e. The summed E-state index contributed by atoms with van der Waals surface area (Å²) in [4.78, 5) is 8.78. The van der Waals surface area contributed by atoms with Gasteiger partial charge in [0.05, 0.1) is 12.1 Å². The highest BCUT2D eigenvalue weighted by atomic mass is 127. The summed E-state index contributed by atoms with van der Waals surface area (Å²) in [5, 5.41) is 16.8. The van der Waals surface area contributed by atoms with Gasteiger partial charge in [-0.1, -0.05) is 19.9 Å². The number of pyridine rings is 1. The van der Waals surface area contributed by atoms with Crippen LogP contribution < -0.4 is 10.6 Å². The van der Waals surface area contributed by atoms with Gasteiger partial charge in [-0.05, 0) is 31.9 Å². The average Bonchev–Trinajstić information content (AvgIpc) is 2.53. The Balaban J connectivity index is 0.00000441. The molecule has 0 aliphatic rings. The molecule has 22 heavy (non-hydrogen) atoms. The maximum atomic E-state index is 10.3. The van der Waals surface area contributed by atoms with E-state index >= 15 is 0 Å². The third-order valence-electron chi connectivity index (χ3n) is 3.59. The molecule has 0 unspecified atom stereocenters. The molecule has 1 aromatic heterocycles. The fourth-order valence-electron chi connectivity index (χ4n) is 1.90. The van der Waals surface area contributed by atoms with Gasteiger partial charge in [-0.25, -0.2) is 0 Å². The molecule has 0 saturated heterocycles. The van der Waals surface area contributed by atoms with Gasteiger partial charge in [0.25, 0.3) is 0 Å². The van der Waals surface area contributed by atoms with Crippen molar-refractivity contribution in [3.63, 3.8) is 0 Å². The van der Waals surface area contributed by atoms with E-state index in [0.29, 0.717) is 19.4 Å². The molecule has 126 valence electrons. The maximum Gasteiger partial charge on any atom is 0.191 e.